The van der Waals surface area contributed by atoms with Gasteiger partial charge in [0.15, 0.2) is 0 Å². The van der Waals surface area contributed by atoms with Crippen LogP contribution >= 0.6 is 11.6 Å². The lowest BCUT2D eigenvalue weighted by atomic mass is 10.4. The third kappa shape index (κ3) is 4.19. The highest BCUT2D eigenvalue weighted by molar-refractivity contribution is 6.20. The van der Waals surface area contributed by atoms with E-state index in [1.54, 1.807) is 6.92 Å². The quantitative estimate of drug-likeness (QED) is 0.469. The van der Waals surface area contributed by atoms with E-state index in [0.29, 0.717) is 0 Å². The van der Waals surface area contributed by atoms with Gasteiger partial charge in [-0.3, -0.25) is 4.79 Å². The van der Waals surface area contributed by atoms with Crippen LogP contribution in [0, 0.1) is 0 Å². The average molecular weight is 183 g/mol. The second kappa shape index (κ2) is 5.35. The molecule has 4 nitrogen and oxygen atoms in total. The molecule has 0 aliphatic carbocycles. The standard InChI is InChI=1S/C6H11ClO4/c1-2-5(10)11-6(7)4(9)3-8/h4,6,8-9H,2-3H2,1H3. The summed E-state index contributed by atoms with van der Waals surface area (Å²) in [5, 5.41) is 17.2. The maximum atomic E-state index is 10.5. The van der Waals surface area contributed by atoms with Gasteiger partial charge in [-0.05, 0) is 0 Å². The summed E-state index contributed by atoms with van der Waals surface area (Å²) in [4.78, 5) is 10.5. The van der Waals surface area contributed by atoms with Crippen LogP contribution in [0.5, 0.6) is 0 Å². The molecule has 2 unspecified atom stereocenters. The second-order valence-corrected chi connectivity index (χ2v) is 2.37. The highest BCUT2D eigenvalue weighted by Gasteiger charge is 2.18. The van der Waals surface area contributed by atoms with E-state index in [0.717, 1.165) is 0 Å². The number of hydrogen-bond acceptors (Lipinski definition) is 4. The van der Waals surface area contributed by atoms with Crippen LogP contribution in [0.2, 0.25) is 0 Å². The van der Waals surface area contributed by atoms with Gasteiger partial charge in [0.1, 0.15) is 6.10 Å². The molecule has 0 aliphatic rings. The number of hydrogen-bond donors (Lipinski definition) is 2. The van der Waals surface area contributed by atoms with Crippen molar-refractivity contribution in [1.82, 2.24) is 0 Å². The maximum Gasteiger partial charge on any atom is 0.307 e. The number of esters is 1. The Labute approximate surface area is 69.7 Å². The van der Waals surface area contributed by atoms with Crippen molar-refractivity contribution >= 4 is 17.6 Å². The minimum absolute atomic E-state index is 0.196. The van der Waals surface area contributed by atoms with E-state index >= 15 is 0 Å². The molecule has 0 aromatic rings. The van der Waals surface area contributed by atoms with Crippen LogP contribution in [0.15, 0.2) is 0 Å². The summed E-state index contributed by atoms with van der Waals surface area (Å²) in [5.74, 6) is -0.502. The Morgan fingerprint density at radius 1 is 1.73 bits per heavy atom. The zero-order valence-electron chi connectivity index (χ0n) is 6.16. The third-order valence-electron chi connectivity index (χ3n) is 1.02. The molecule has 0 fully saturated rings. The van der Waals surface area contributed by atoms with Crippen LogP contribution in [0.4, 0.5) is 0 Å². The molecule has 2 atom stereocenters. The predicted octanol–water partition coefficient (Wildman–Crippen LogP) is -0.142. The third-order valence-corrected chi connectivity index (χ3v) is 1.40. The summed E-state index contributed by atoms with van der Waals surface area (Å²) in [6.07, 6.45) is -1.02. The van der Waals surface area contributed by atoms with Crippen molar-refractivity contribution < 1.29 is 19.7 Å². The van der Waals surface area contributed by atoms with E-state index < -0.39 is 24.2 Å². The number of carbonyl (C=O) groups excluding carboxylic acids is 1. The monoisotopic (exact) mass is 182 g/mol. The van der Waals surface area contributed by atoms with Crippen LogP contribution in [0.1, 0.15) is 13.3 Å². The Bertz CT molecular complexity index is 128. The molecule has 0 amide bonds. The van der Waals surface area contributed by atoms with E-state index in [2.05, 4.69) is 4.74 Å². The average Bonchev–Trinajstić information content (AvgIpc) is 2.02. The molecular weight excluding hydrogens is 172 g/mol. The van der Waals surface area contributed by atoms with Gasteiger partial charge in [-0.15, -0.1) is 0 Å². The molecule has 0 rings (SSSR count). The molecule has 0 heterocycles. The van der Waals surface area contributed by atoms with Crippen LogP contribution in [0.25, 0.3) is 0 Å². The Hall–Kier alpha value is -0.320. The summed E-state index contributed by atoms with van der Waals surface area (Å²) in [7, 11) is 0. The van der Waals surface area contributed by atoms with Gasteiger partial charge in [0.05, 0.1) is 6.61 Å². The van der Waals surface area contributed by atoms with Crippen molar-refractivity contribution in [2.24, 2.45) is 0 Å². The zero-order chi connectivity index (χ0) is 8.85. The van der Waals surface area contributed by atoms with Gasteiger partial charge in [-0.25, -0.2) is 0 Å². The Morgan fingerprint density at radius 2 is 2.27 bits per heavy atom. The summed E-state index contributed by atoms with van der Waals surface area (Å²) in [6.45, 7) is 1.09. The molecule has 2 N–H and O–H groups in total. The van der Waals surface area contributed by atoms with Gasteiger partial charge in [0.2, 0.25) is 5.56 Å². The van der Waals surface area contributed by atoms with Crippen molar-refractivity contribution in [3.8, 4) is 0 Å². The Balaban J connectivity index is 3.67. The Kier molecular flexibility index (Phi) is 5.19. The maximum absolute atomic E-state index is 10.5. The number of rotatable bonds is 4. The van der Waals surface area contributed by atoms with Crippen molar-refractivity contribution in [3.63, 3.8) is 0 Å². The highest BCUT2D eigenvalue weighted by Crippen LogP contribution is 2.05. The van der Waals surface area contributed by atoms with Crippen molar-refractivity contribution in [3.05, 3.63) is 0 Å². The number of halogens is 1. The van der Waals surface area contributed by atoms with E-state index in [1.807, 2.05) is 0 Å². The van der Waals surface area contributed by atoms with Gasteiger partial charge >= 0.3 is 5.97 Å². The van der Waals surface area contributed by atoms with Crippen LogP contribution in [0.3, 0.4) is 0 Å². The molecule has 66 valence electrons. The summed E-state index contributed by atoms with van der Waals surface area (Å²) in [6, 6.07) is 0. The zero-order valence-corrected chi connectivity index (χ0v) is 6.91. The second-order valence-electron chi connectivity index (χ2n) is 1.94. The van der Waals surface area contributed by atoms with Gasteiger partial charge in [-0.2, -0.15) is 0 Å². The number of aliphatic hydroxyl groups is 2. The first-order chi connectivity index (χ1) is 5.11. The summed E-state index contributed by atoms with van der Waals surface area (Å²) in [5.41, 5.74) is -1.16. The minimum atomic E-state index is -1.22. The van der Waals surface area contributed by atoms with Gasteiger partial charge in [-0.1, -0.05) is 18.5 Å². The van der Waals surface area contributed by atoms with Crippen molar-refractivity contribution in [2.45, 2.75) is 25.0 Å². The smallest absolute Gasteiger partial charge is 0.307 e. The topological polar surface area (TPSA) is 66.8 Å². The number of carbonyl (C=O) groups is 1. The van der Waals surface area contributed by atoms with Gasteiger partial charge in [0, 0.05) is 6.42 Å². The molecule has 0 aromatic carbocycles. The van der Waals surface area contributed by atoms with E-state index in [-0.39, 0.29) is 6.42 Å². The fourth-order valence-electron chi connectivity index (χ4n) is 0.370. The van der Waals surface area contributed by atoms with Crippen molar-refractivity contribution in [1.29, 1.82) is 0 Å². The fourth-order valence-corrected chi connectivity index (χ4v) is 0.549. The molecule has 0 saturated heterocycles. The molecule has 0 aliphatic heterocycles. The number of ether oxygens (including phenoxy) is 1. The Morgan fingerprint density at radius 3 is 2.64 bits per heavy atom. The molecule has 0 radical (unpaired) electrons. The van der Waals surface area contributed by atoms with E-state index in [4.69, 9.17) is 21.8 Å². The first-order valence-electron chi connectivity index (χ1n) is 3.24. The first kappa shape index (κ1) is 10.7. The first-order valence-corrected chi connectivity index (χ1v) is 3.68. The largest absolute Gasteiger partial charge is 0.443 e. The van der Waals surface area contributed by atoms with Gasteiger partial charge < -0.3 is 14.9 Å². The molecule has 0 aromatic heterocycles. The molecule has 11 heavy (non-hydrogen) atoms. The van der Waals surface area contributed by atoms with Crippen molar-refractivity contribution in [2.75, 3.05) is 6.61 Å². The lowest BCUT2D eigenvalue weighted by Crippen LogP contribution is -2.29. The molecule has 0 saturated carbocycles. The molecular formula is C6H11ClO4. The number of alkyl halides is 1. The minimum Gasteiger partial charge on any atom is -0.443 e. The lowest BCUT2D eigenvalue weighted by molar-refractivity contribution is -0.149. The van der Waals surface area contributed by atoms with Crippen LogP contribution in [-0.4, -0.2) is 34.5 Å². The fraction of sp³-hybridized carbons (Fsp3) is 0.833. The predicted molar refractivity (Wildman–Crippen MR) is 39.1 cm³/mol. The highest BCUT2D eigenvalue weighted by atomic mass is 35.5. The summed E-state index contributed by atoms with van der Waals surface area (Å²) >= 11 is 5.35. The van der Waals surface area contributed by atoms with Crippen LogP contribution < -0.4 is 0 Å². The van der Waals surface area contributed by atoms with E-state index in [9.17, 15) is 4.79 Å². The normalized spacial score (nSPS) is 15.6. The summed E-state index contributed by atoms with van der Waals surface area (Å²) < 4.78 is 4.47. The number of aliphatic hydroxyl groups excluding tert-OH is 2. The molecule has 5 heteroatoms. The van der Waals surface area contributed by atoms with Gasteiger partial charge in [0.25, 0.3) is 0 Å². The SMILES string of the molecule is CCC(=O)OC(Cl)C(O)CO. The van der Waals surface area contributed by atoms with Crippen LogP contribution in [-0.2, 0) is 9.53 Å². The molecule has 0 bridgehead atoms. The molecule has 0 spiro atoms. The van der Waals surface area contributed by atoms with E-state index in [1.165, 1.54) is 0 Å². The lowest BCUT2D eigenvalue weighted by Gasteiger charge is -2.14.